The van der Waals surface area contributed by atoms with Gasteiger partial charge in [-0.2, -0.15) is 0 Å². The Bertz CT molecular complexity index is 577. The van der Waals surface area contributed by atoms with E-state index in [1.807, 2.05) is 7.05 Å². The van der Waals surface area contributed by atoms with Crippen LogP contribution in [0.5, 0.6) is 0 Å². The second-order valence-corrected chi connectivity index (χ2v) is 7.93. The average Bonchev–Trinajstić information content (AvgIpc) is 2.95. The molecule has 0 unspecified atom stereocenters. The van der Waals surface area contributed by atoms with Crippen LogP contribution in [0.2, 0.25) is 0 Å². The first kappa shape index (κ1) is 14.7. The number of anilines is 1. The quantitative estimate of drug-likeness (QED) is 0.735. The summed E-state index contributed by atoms with van der Waals surface area (Å²) in [6.45, 7) is 4.91. The Morgan fingerprint density at radius 1 is 1.53 bits per heavy atom. The van der Waals surface area contributed by atoms with Gasteiger partial charge in [0.25, 0.3) is 0 Å². The van der Waals surface area contributed by atoms with Crippen LogP contribution in [0.4, 0.5) is 5.13 Å². The Morgan fingerprint density at radius 3 is 2.74 bits per heavy atom. The van der Waals surface area contributed by atoms with Crippen molar-refractivity contribution in [3.8, 4) is 0 Å². The molecule has 0 saturated carbocycles. The van der Waals surface area contributed by atoms with Crippen LogP contribution in [0.25, 0.3) is 0 Å². The van der Waals surface area contributed by atoms with Crippen LogP contribution in [0, 0.1) is 0 Å². The summed E-state index contributed by atoms with van der Waals surface area (Å²) in [4.78, 5) is 18.5. The molecule has 19 heavy (non-hydrogen) atoms. The number of hydrogen-bond donors (Lipinski definition) is 0. The van der Waals surface area contributed by atoms with E-state index in [4.69, 9.17) is 0 Å². The number of nitrogens with zero attached hydrogens (tertiary/aromatic N) is 2. The van der Waals surface area contributed by atoms with Gasteiger partial charge in [-0.1, -0.05) is 25.2 Å². The third-order valence-electron chi connectivity index (χ3n) is 2.69. The largest absolute Gasteiger partial charge is 0.347 e. The zero-order valence-electron chi connectivity index (χ0n) is 11.0. The van der Waals surface area contributed by atoms with E-state index in [0.29, 0.717) is 0 Å². The van der Waals surface area contributed by atoms with Gasteiger partial charge in [0.1, 0.15) is 0 Å². The van der Waals surface area contributed by atoms with E-state index >= 15 is 0 Å². The lowest BCUT2D eigenvalue weighted by Gasteiger charge is -2.14. The van der Waals surface area contributed by atoms with Crippen LogP contribution in [0.15, 0.2) is 15.2 Å². The highest BCUT2D eigenvalue weighted by molar-refractivity contribution is 9.11. The zero-order valence-corrected chi connectivity index (χ0v) is 14.2. The first-order valence-electron chi connectivity index (χ1n) is 5.91. The van der Waals surface area contributed by atoms with Gasteiger partial charge in [-0.3, -0.25) is 4.79 Å². The molecule has 0 saturated heterocycles. The summed E-state index contributed by atoms with van der Waals surface area (Å²) in [6.07, 6.45) is 0.908. The monoisotopic (exact) mass is 358 g/mol. The van der Waals surface area contributed by atoms with Crippen LogP contribution in [0.1, 0.15) is 40.7 Å². The van der Waals surface area contributed by atoms with E-state index in [1.54, 1.807) is 11.3 Å². The number of rotatable bonds is 5. The third-order valence-corrected chi connectivity index (χ3v) is 5.36. The zero-order chi connectivity index (χ0) is 14.0. The van der Waals surface area contributed by atoms with Crippen molar-refractivity contribution in [3.63, 3.8) is 0 Å². The van der Waals surface area contributed by atoms with E-state index in [-0.39, 0.29) is 5.92 Å². The van der Waals surface area contributed by atoms with Crippen LogP contribution in [-0.4, -0.2) is 18.3 Å². The van der Waals surface area contributed by atoms with Crippen LogP contribution in [-0.2, 0) is 6.54 Å². The highest BCUT2D eigenvalue weighted by atomic mass is 79.9. The molecule has 2 rings (SSSR count). The molecule has 0 aliphatic rings. The lowest BCUT2D eigenvalue weighted by molar-refractivity contribution is 0.112. The van der Waals surface area contributed by atoms with Crippen molar-refractivity contribution in [2.75, 3.05) is 11.9 Å². The first-order chi connectivity index (χ1) is 9.01. The summed E-state index contributed by atoms with van der Waals surface area (Å²) < 4.78 is 1.13. The van der Waals surface area contributed by atoms with Gasteiger partial charge < -0.3 is 4.90 Å². The first-order valence-corrected chi connectivity index (χ1v) is 8.40. The second kappa shape index (κ2) is 6.15. The minimum absolute atomic E-state index is 0.272. The molecule has 2 aromatic rings. The summed E-state index contributed by atoms with van der Waals surface area (Å²) in [5.74, 6) is 0.272. The molecular weight excluding hydrogens is 344 g/mol. The minimum Gasteiger partial charge on any atom is -0.347 e. The van der Waals surface area contributed by atoms with Crippen molar-refractivity contribution >= 4 is 50.0 Å². The van der Waals surface area contributed by atoms with Gasteiger partial charge >= 0.3 is 0 Å². The Labute approximate surface area is 129 Å². The number of aldehydes is 1. The van der Waals surface area contributed by atoms with Crippen LogP contribution < -0.4 is 4.90 Å². The van der Waals surface area contributed by atoms with E-state index in [1.165, 1.54) is 16.9 Å². The van der Waals surface area contributed by atoms with E-state index in [2.05, 4.69) is 51.1 Å². The average molecular weight is 359 g/mol. The van der Waals surface area contributed by atoms with Gasteiger partial charge in [0.2, 0.25) is 0 Å². The second-order valence-electron chi connectivity index (χ2n) is 4.63. The minimum atomic E-state index is 0.272. The Morgan fingerprint density at radius 2 is 2.26 bits per heavy atom. The number of carbonyl (C=O) groups is 1. The Balaban J connectivity index is 2.19. The summed E-state index contributed by atoms with van der Waals surface area (Å²) in [5.41, 5.74) is 2.14. The molecule has 0 bridgehead atoms. The maximum absolute atomic E-state index is 11.1. The van der Waals surface area contributed by atoms with Crippen molar-refractivity contribution < 1.29 is 4.79 Å². The lowest BCUT2D eigenvalue weighted by Crippen LogP contribution is -2.15. The Hall–Kier alpha value is -0.720. The smallest absolute Gasteiger partial charge is 0.186 e. The molecule has 0 aliphatic heterocycles. The summed E-state index contributed by atoms with van der Waals surface area (Å²) in [5, 5.41) is 3.02. The fraction of sp³-hybridized carbons (Fsp3) is 0.385. The standard InChI is InChI=1S/C13H15BrN2OS2/c1-8(2)12-10(6-17)19-13(15-12)16(3)5-9-4-11(14)18-7-9/h4,6-8H,5H2,1-3H3. The summed E-state index contributed by atoms with van der Waals surface area (Å²) in [6, 6.07) is 2.11. The number of aromatic nitrogens is 1. The molecule has 6 heteroatoms. The van der Waals surface area contributed by atoms with Gasteiger partial charge in [0.05, 0.1) is 14.4 Å². The van der Waals surface area contributed by atoms with E-state index < -0.39 is 0 Å². The molecule has 0 atom stereocenters. The van der Waals surface area contributed by atoms with Crippen LogP contribution in [0.3, 0.4) is 0 Å². The molecule has 0 radical (unpaired) electrons. The molecule has 0 N–H and O–H groups in total. The molecule has 0 aliphatic carbocycles. The summed E-state index contributed by atoms with van der Waals surface area (Å²) in [7, 11) is 2.00. The van der Waals surface area contributed by atoms with Crippen LogP contribution >= 0.6 is 38.6 Å². The van der Waals surface area contributed by atoms with Crippen molar-refractivity contribution in [3.05, 3.63) is 31.4 Å². The maximum Gasteiger partial charge on any atom is 0.186 e. The van der Waals surface area contributed by atoms with Crippen molar-refractivity contribution in [2.45, 2.75) is 26.3 Å². The molecular formula is C13H15BrN2OS2. The topological polar surface area (TPSA) is 33.2 Å². The van der Waals surface area contributed by atoms with Gasteiger partial charge in [-0.25, -0.2) is 4.98 Å². The molecule has 2 aromatic heterocycles. The molecule has 0 aromatic carbocycles. The summed E-state index contributed by atoms with van der Waals surface area (Å²) >= 11 is 6.60. The predicted molar refractivity (Wildman–Crippen MR) is 85.7 cm³/mol. The number of hydrogen-bond acceptors (Lipinski definition) is 5. The number of carbonyl (C=O) groups excluding carboxylic acids is 1. The molecule has 2 heterocycles. The Kier molecular flexibility index (Phi) is 4.76. The van der Waals surface area contributed by atoms with Gasteiger partial charge in [-0.05, 0) is 38.9 Å². The molecule has 3 nitrogen and oxygen atoms in total. The van der Waals surface area contributed by atoms with E-state index in [0.717, 1.165) is 32.3 Å². The fourth-order valence-electron chi connectivity index (χ4n) is 1.76. The predicted octanol–water partition coefficient (Wildman–Crippen LogP) is 4.54. The highest BCUT2D eigenvalue weighted by Crippen LogP contribution is 2.30. The van der Waals surface area contributed by atoms with Crippen molar-refractivity contribution in [1.29, 1.82) is 0 Å². The maximum atomic E-state index is 11.1. The van der Waals surface area contributed by atoms with Gasteiger partial charge in [0.15, 0.2) is 11.4 Å². The van der Waals surface area contributed by atoms with E-state index in [9.17, 15) is 4.79 Å². The van der Waals surface area contributed by atoms with Gasteiger partial charge in [0, 0.05) is 13.6 Å². The molecule has 0 amide bonds. The van der Waals surface area contributed by atoms with Gasteiger partial charge in [-0.15, -0.1) is 11.3 Å². The third kappa shape index (κ3) is 3.43. The lowest BCUT2D eigenvalue weighted by atomic mass is 10.1. The fourth-order valence-corrected chi connectivity index (χ4v) is 3.96. The normalized spacial score (nSPS) is 11.0. The number of halogens is 1. The number of thiazole rings is 1. The molecule has 0 spiro atoms. The highest BCUT2D eigenvalue weighted by Gasteiger charge is 2.16. The SMILES string of the molecule is CC(C)c1nc(N(C)Cc2csc(Br)c2)sc1C=O. The number of thiophene rings is 1. The molecule has 102 valence electrons. The van der Waals surface area contributed by atoms with Crippen molar-refractivity contribution in [2.24, 2.45) is 0 Å². The molecule has 0 fully saturated rings. The van der Waals surface area contributed by atoms with Crippen molar-refractivity contribution in [1.82, 2.24) is 4.98 Å².